The summed E-state index contributed by atoms with van der Waals surface area (Å²) in [6.45, 7) is 8.17. The van der Waals surface area contributed by atoms with Gasteiger partial charge in [-0.1, -0.05) is 30.3 Å². The molecule has 0 heterocycles. The zero-order valence-electron chi connectivity index (χ0n) is 14.7. The molecule has 0 aliphatic carbocycles. The van der Waals surface area contributed by atoms with Crippen LogP contribution in [0.5, 0.6) is 11.5 Å². The van der Waals surface area contributed by atoms with Crippen LogP contribution >= 0.6 is 0 Å². The Kier molecular flexibility index (Phi) is 7.09. The summed E-state index contributed by atoms with van der Waals surface area (Å²) < 4.78 is 11.7. The molecular weight excluding hydrogens is 302 g/mol. The van der Waals surface area contributed by atoms with Crippen molar-refractivity contribution in [2.75, 3.05) is 13.2 Å². The highest BCUT2D eigenvalue weighted by atomic mass is 16.5. The first-order valence-corrected chi connectivity index (χ1v) is 8.42. The lowest BCUT2D eigenvalue weighted by Crippen LogP contribution is -2.23. The van der Waals surface area contributed by atoms with Crippen LogP contribution in [-0.2, 0) is 13.2 Å². The van der Waals surface area contributed by atoms with Crippen molar-refractivity contribution in [1.82, 2.24) is 5.32 Å². The van der Waals surface area contributed by atoms with Gasteiger partial charge in [0.1, 0.15) is 6.61 Å². The molecule has 0 amide bonds. The van der Waals surface area contributed by atoms with Gasteiger partial charge in [0, 0.05) is 13.1 Å². The predicted octanol–water partition coefficient (Wildman–Crippen LogP) is 3.44. The van der Waals surface area contributed by atoms with Crippen molar-refractivity contribution in [3.8, 4) is 11.5 Å². The molecule has 0 fully saturated rings. The first-order chi connectivity index (χ1) is 11.6. The van der Waals surface area contributed by atoms with Crippen LogP contribution in [0.4, 0.5) is 0 Å². The Bertz CT molecular complexity index is 641. The summed E-state index contributed by atoms with van der Waals surface area (Å²) in [5.74, 6) is 1.50. The van der Waals surface area contributed by atoms with Crippen LogP contribution < -0.4 is 14.8 Å². The predicted molar refractivity (Wildman–Crippen MR) is 96.5 cm³/mol. The van der Waals surface area contributed by atoms with Gasteiger partial charge in [-0.2, -0.15) is 0 Å². The van der Waals surface area contributed by atoms with E-state index in [0.29, 0.717) is 26.3 Å². The lowest BCUT2D eigenvalue weighted by atomic mass is 10.1. The van der Waals surface area contributed by atoms with Gasteiger partial charge in [-0.15, -0.1) is 0 Å². The number of ether oxygens (including phenoxy) is 2. The second kappa shape index (κ2) is 9.30. The molecule has 1 atom stereocenters. The van der Waals surface area contributed by atoms with E-state index in [1.165, 1.54) is 11.1 Å². The Morgan fingerprint density at radius 2 is 1.88 bits per heavy atom. The minimum absolute atomic E-state index is 0.354. The summed E-state index contributed by atoms with van der Waals surface area (Å²) in [6, 6.07) is 14.2. The van der Waals surface area contributed by atoms with Gasteiger partial charge in [-0.25, -0.2) is 0 Å². The third-order valence-electron chi connectivity index (χ3n) is 3.72. The first kappa shape index (κ1) is 18.3. The smallest absolute Gasteiger partial charge is 0.161 e. The number of rotatable bonds is 9. The quantitative estimate of drug-likeness (QED) is 0.740. The molecule has 130 valence electrons. The van der Waals surface area contributed by atoms with Crippen LogP contribution in [0.3, 0.4) is 0 Å². The molecule has 4 heteroatoms. The fourth-order valence-electron chi connectivity index (χ4n) is 2.40. The fraction of sp³-hybridized carbons (Fsp3) is 0.400. The zero-order valence-corrected chi connectivity index (χ0v) is 14.7. The molecule has 0 saturated heterocycles. The Labute approximate surface area is 144 Å². The van der Waals surface area contributed by atoms with Gasteiger partial charge in [0.15, 0.2) is 11.5 Å². The molecule has 0 aromatic heterocycles. The summed E-state index contributed by atoms with van der Waals surface area (Å²) in [6.07, 6.45) is -0.354. The van der Waals surface area contributed by atoms with Crippen LogP contribution in [0.15, 0.2) is 42.5 Å². The summed E-state index contributed by atoms with van der Waals surface area (Å²) in [4.78, 5) is 0. The highest BCUT2D eigenvalue weighted by Crippen LogP contribution is 2.29. The molecule has 2 aromatic carbocycles. The van der Waals surface area contributed by atoms with Gasteiger partial charge in [0.05, 0.1) is 12.7 Å². The Balaban J connectivity index is 2.04. The monoisotopic (exact) mass is 329 g/mol. The van der Waals surface area contributed by atoms with Crippen molar-refractivity contribution in [3.05, 3.63) is 59.2 Å². The Morgan fingerprint density at radius 3 is 2.58 bits per heavy atom. The largest absolute Gasteiger partial charge is 0.490 e. The van der Waals surface area contributed by atoms with Crippen LogP contribution in [0.25, 0.3) is 0 Å². The number of aryl methyl sites for hydroxylation is 1. The highest BCUT2D eigenvalue weighted by Gasteiger charge is 2.08. The van der Waals surface area contributed by atoms with E-state index >= 15 is 0 Å². The van der Waals surface area contributed by atoms with Gasteiger partial charge in [-0.3, -0.25) is 0 Å². The normalized spacial score (nSPS) is 12.0. The number of hydrogen-bond donors (Lipinski definition) is 2. The first-order valence-electron chi connectivity index (χ1n) is 8.42. The molecule has 2 N–H and O–H groups in total. The van der Waals surface area contributed by atoms with Crippen LogP contribution in [-0.4, -0.2) is 24.4 Å². The summed E-state index contributed by atoms with van der Waals surface area (Å²) in [5, 5.41) is 12.5. The van der Waals surface area contributed by atoms with Crippen molar-refractivity contribution in [3.63, 3.8) is 0 Å². The maximum absolute atomic E-state index is 9.31. The molecule has 0 spiro atoms. The summed E-state index contributed by atoms with van der Waals surface area (Å²) in [7, 11) is 0. The second-order valence-corrected chi connectivity index (χ2v) is 5.91. The average molecular weight is 329 g/mol. The second-order valence-electron chi connectivity index (χ2n) is 5.91. The van der Waals surface area contributed by atoms with E-state index in [9.17, 15) is 5.11 Å². The molecule has 0 bridgehead atoms. The molecule has 2 aromatic rings. The summed E-state index contributed by atoms with van der Waals surface area (Å²) in [5.41, 5.74) is 3.49. The van der Waals surface area contributed by atoms with E-state index in [1.54, 1.807) is 6.92 Å². The Hall–Kier alpha value is -2.04. The highest BCUT2D eigenvalue weighted by molar-refractivity contribution is 5.43. The standard InChI is InChI=1S/C20H27NO3/c1-4-23-20-11-17(13-21-12-16(3)22)9-10-19(20)24-14-18-8-6-5-7-15(18)2/h5-11,16,21-22H,4,12-14H2,1-3H3/t16-/m0/s1. The maximum Gasteiger partial charge on any atom is 0.161 e. The number of benzene rings is 2. The van der Waals surface area contributed by atoms with Crippen molar-refractivity contribution in [2.45, 2.75) is 40.0 Å². The third kappa shape index (κ3) is 5.55. The number of nitrogens with one attached hydrogen (secondary N) is 1. The summed E-state index contributed by atoms with van der Waals surface area (Å²) >= 11 is 0. The van der Waals surface area contributed by atoms with E-state index in [2.05, 4.69) is 24.4 Å². The van der Waals surface area contributed by atoms with E-state index in [0.717, 1.165) is 17.1 Å². The van der Waals surface area contributed by atoms with Crippen LogP contribution in [0.1, 0.15) is 30.5 Å². The van der Waals surface area contributed by atoms with Gasteiger partial charge in [-0.05, 0) is 49.6 Å². The molecule has 0 saturated carbocycles. The molecule has 0 unspecified atom stereocenters. The average Bonchev–Trinajstić information content (AvgIpc) is 2.55. The van der Waals surface area contributed by atoms with E-state index < -0.39 is 0 Å². The lowest BCUT2D eigenvalue weighted by Gasteiger charge is -2.15. The third-order valence-corrected chi connectivity index (χ3v) is 3.72. The Morgan fingerprint density at radius 1 is 1.08 bits per heavy atom. The van der Waals surface area contributed by atoms with Gasteiger partial charge in [0.25, 0.3) is 0 Å². The van der Waals surface area contributed by atoms with E-state index in [1.807, 2.05) is 37.3 Å². The molecule has 24 heavy (non-hydrogen) atoms. The minimum atomic E-state index is -0.354. The lowest BCUT2D eigenvalue weighted by molar-refractivity contribution is 0.191. The number of aliphatic hydroxyl groups is 1. The molecule has 0 radical (unpaired) electrons. The minimum Gasteiger partial charge on any atom is -0.490 e. The fourth-order valence-corrected chi connectivity index (χ4v) is 2.40. The van der Waals surface area contributed by atoms with Crippen molar-refractivity contribution >= 4 is 0 Å². The van der Waals surface area contributed by atoms with Gasteiger partial charge in [0.2, 0.25) is 0 Å². The molecular formula is C20H27NO3. The maximum atomic E-state index is 9.31. The SMILES string of the molecule is CCOc1cc(CNC[C@H](C)O)ccc1OCc1ccccc1C. The topological polar surface area (TPSA) is 50.7 Å². The number of aliphatic hydroxyl groups excluding tert-OH is 1. The van der Waals surface area contributed by atoms with Crippen molar-refractivity contribution in [2.24, 2.45) is 0 Å². The van der Waals surface area contributed by atoms with Crippen LogP contribution in [0, 0.1) is 6.92 Å². The molecule has 4 nitrogen and oxygen atoms in total. The molecule has 2 rings (SSSR count). The van der Waals surface area contributed by atoms with Crippen LogP contribution in [0.2, 0.25) is 0 Å². The number of hydrogen-bond acceptors (Lipinski definition) is 4. The molecule has 0 aliphatic rings. The van der Waals surface area contributed by atoms with Gasteiger partial charge < -0.3 is 19.9 Å². The van der Waals surface area contributed by atoms with Gasteiger partial charge >= 0.3 is 0 Å². The van der Waals surface area contributed by atoms with E-state index in [4.69, 9.17) is 9.47 Å². The van der Waals surface area contributed by atoms with E-state index in [-0.39, 0.29) is 6.10 Å². The zero-order chi connectivity index (χ0) is 17.4. The van der Waals surface area contributed by atoms with Crippen molar-refractivity contribution < 1.29 is 14.6 Å². The van der Waals surface area contributed by atoms with Crippen molar-refractivity contribution in [1.29, 1.82) is 0 Å². The molecule has 0 aliphatic heterocycles.